The van der Waals surface area contributed by atoms with E-state index in [9.17, 15) is 0 Å². The second-order valence-corrected chi connectivity index (χ2v) is 7.38. The lowest BCUT2D eigenvalue weighted by Gasteiger charge is -2.42. The van der Waals surface area contributed by atoms with E-state index in [0.717, 1.165) is 38.5 Å². The Bertz CT molecular complexity index is 737. The zero-order chi connectivity index (χ0) is 18.2. The van der Waals surface area contributed by atoms with Gasteiger partial charge in [-0.3, -0.25) is 4.99 Å². The van der Waals surface area contributed by atoms with Crippen LogP contribution < -0.4 is 10.6 Å². The third kappa shape index (κ3) is 4.76. The fraction of sp³-hybridized carbons (Fsp3) is 0.500. The molecule has 4 nitrogen and oxygen atoms in total. The smallest absolute Gasteiger partial charge is 0.191 e. The molecule has 2 aromatic rings. The van der Waals surface area contributed by atoms with Crippen molar-refractivity contribution < 1.29 is 4.74 Å². The largest absolute Gasteiger partial charge is 0.385 e. The molecule has 0 radical (unpaired) electrons. The third-order valence-electron chi connectivity index (χ3n) is 5.63. The van der Waals surface area contributed by atoms with Gasteiger partial charge in [0.1, 0.15) is 0 Å². The Morgan fingerprint density at radius 3 is 2.62 bits per heavy atom. The molecule has 26 heavy (non-hydrogen) atoms. The van der Waals surface area contributed by atoms with Crippen molar-refractivity contribution in [3.8, 4) is 0 Å². The molecule has 1 aliphatic rings. The van der Waals surface area contributed by atoms with E-state index >= 15 is 0 Å². The van der Waals surface area contributed by atoms with Gasteiger partial charge in [-0.15, -0.1) is 0 Å². The number of guanidine groups is 1. The molecular formula is C22H31N3O. The number of hydrogen-bond donors (Lipinski definition) is 2. The number of hydrogen-bond acceptors (Lipinski definition) is 2. The molecular weight excluding hydrogens is 322 g/mol. The van der Waals surface area contributed by atoms with Crippen molar-refractivity contribution in [2.24, 2.45) is 10.4 Å². The zero-order valence-electron chi connectivity index (χ0n) is 16.1. The first-order valence-electron chi connectivity index (χ1n) is 9.66. The van der Waals surface area contributed by atoms with Crippen LogP contribution in [0.5, 0.6) is 0 Å². The van der Waals surface area contributed by atoms with Crippen LogP contribution in [-0.4, -0.2) is 39.8 Å². The summed E-state index contributed by atoms with van der Waals surface area (Å²) in [4.78, 5) is 4.37. The van der Waals surface area contributed by atoms with Gasteiger partial charge in [0.2, 0.25) is 0 Å². The fourth-order valence-corrected chi connectivity index (χ4v) is 3.72. The summed E-state index contributed by atoms with van der Waals surface area (Å²) in [6.45, 7) is 2.70. The lowest BCUT2D eigenvalue weighted by atomic mass is 9.67. The summed E-state index contributed by atoms with van der Waals surface area (Å²) in [5.74, 6) is 0.898. The molecule has 0 aliphatic heterocycles. The lowest BCUT2D eigenvalue weighted by Crippen LogP contribution is -2.47. The predicted octanol–water partition coefficient (Wildman–Crippen LogP) is 3.75. The van der Waals surface area contributed by atoms with Crippen molar-refractivity contribution in [2.45, 2.75) is 32.1 Å². The Balaban J connectivity index is 1.46. The molecule has 0 atom stereocenters. The number of rotatable bonds is 8. The topological polar surface area (TPSA) is 45.7 Å². The summed E-state index contributed by atoms with van der Waals surface area (Å²) < 4.78 is 5.28. The second-order valence-electron chi connectivity index (χ2n) is 7.38. The van der Waals surface area contributed by atoms with Gasteiger partial charge in [0, 0.05) is 33.9 Å². The first kappa shape index (κ1) is 18.7. The van der Waals surface area contributed by atoms with Gasteiger partial charge in [-0.25, -0.2) is 0 Å². The highest BCUT2D eigenvalue weighted by Crippen LogP contribution is 2.43. The summed E-state index contributed by atoms with van der Waals surface area (Å²) in [6.07, 6.45) is 6.03. The monoisotopic (exact) mass is 353 g/mol. The average Bonchev–Trinajstić information content (AvgIpc) is 2.65. The molecule has 3 rings (SSSR count). The van der Waals surface area contributed by atoms with Crippen molar-refractivity contribution in [1.29, 1.82) is 0 Å². The van der Waals surface area contributed by atoms with Crippen LogP contribution in [0.15, 0.2) is 47.5 Å². The van der Waals surface area contributed by atoms with Crippen molar-refractivity contribution in [3.05, 3.63) is 48.0 Å². The maximum Gasteiger partial charge on any atom is 0.191 e. The van der Waals surface area contributed by atoms with E-state index in [1.807, 2.05) is 7.05 Å². The highest BCUT2D eigenvalue weighted by atomic mass is 16.5. The van der Waals surface area contributed by atoms with E-state index in [0.29, 0.717) is 5.41 Å². The van der Waals surface area contributed by atoms with Gasteiger partial charge < -0.3 is 15.4 Å². The van der Waals surface area contributed by atoms with Crippen LogP contribution in [0.4, 0.5) is 0 Å². The average molecular weight is 354 g/mol. The lowest BCUT2D eigenvalue weighted by molar-refractivity contribution is 0.0732. The minimum Gasteiger partial charge on any atom is -0.385 e. The molecule has 1 fully saturated rings. The molecule has 0 heterocycles. The quantitative estimate of drug-likeness (QED) is 0.561. The number of methoxy groups -OCH3 is 1. The number of nitrogens with zero attached hydrogens (tertiary/aromatic N) is 1. The fourth-order valence-electron chi connectivity index (χ4n) is 3.72. The molecule has 0 bridgehead atoms. The number of aliphatic imine (C=N–C) groups is 1. The van der Waals surface area contributed by atoms with Crippen LogP contribution in [0, 0.1) is 5.41 Å². The normalized spacial score (nSPS) is 16.3. The van der Waals surface area contributed by atoms with Gasteiger partial charge in [0.05, 0.1) is 0 Å². The summed E-state index contributed by atoms with van der Waals surface area (Å²) in [5.41, 5.74) is 1.74. The number of ether oxygens (including phenoxy) is 1. The van der Waals surface area contributed by atoms with Crippen molar-refractivity contribution >= 4 is 16.7 Å². The van der Waals surface area contributed by atoms with Crippen LogP contribution in [0.1, 0.15) is 31.2 Å². The Morgan fingerprint density at radius 1 is 1.12 bits per heavy atom. The highest BCUT2D eigenvalue weighted by molar-refractivity contribution is 5.83. The Labute approximate surface area is 157 Å². The first-order chi connectivity index (χ1) is 12.7. The zero-order valence-corrected chi connectivity index (χ0v) is 16.1. The number of benzene rings is 2. The summed E-state index contributed by atoms with van der Waals surface area (Å²) in [6, 6.07) is 15.2. The Hall–Kier alpha value is -2.07. The summed E-state index contributed by atoms with van der Waals surface area (Å²) in [7, 11) is 3.63. The highest BCUT2D eigenvalue weighted by Gasteiger charge is 2.36. The van der Waals surface area contributed by atoms with E-state index in [2.05, 4.69) is 58.1 Å². The van der Waals surface area contributed by atoms with Gasteiger partial charge in [-0.05, 0) is 47.4 Å². The Kier molecular flexibility index (Phi) is 6.51. The summed E-state index contributed by atoms with van der Waals surface area (Å²) in [5, 5.41) is 9.57. The van der Waals surface area contributed by atoms with Gasteiger partial charge >= 0.3 is 0 Å². The van der Waals surface area contributed by atoms with Crippen LogP contribution in [0.3, 0.4) is 0 Å². The molecule has 2 aromatic carbocycles. The minimum absolute atomic E-state index is 0.395. The second kappa shape index (κ2) is 9.04. The molecule has 1 aliphatic carbocycles. The number of fused-ring (bicyclic) bond motifs is 1. The number of nitrogens with one attached hydrogen (secondary N) is 2. The molecule has 1 saturated carbocycles. The molecule has 0 spiro atoms. The van der Waals surface area contributed by atoms with Crippen molar-refractivity contribution in [1.82, 2.24) is 10.6 Å². The van der Waals surface area contributed by atoms with Gasteiger partial charge in [-0.2, -0.15) is 0 Å². The van der Waals surface area contributed by atoms with Crippen molar-refractivity contribution in [3.63, 3.8) is 0 Å². The van der Waals surface area contributed by atoms with E-state index in [4.69, 9.17) is 4.74 Å². The molecule has 4 heteroatoms. The maximum absolute atomic E-state index is 5.28. The van der Waals surface area contributed by atoms with E-state index < -0.39 is 0 Å². The van der Waals surface area contributed by atoms with Crippen molar-refractivity contribution in [2.75, 3.05) is 33.9 Å². The first-order valence-corrected chi connectivity index (χ1v) is 9.66. The van der Waals surface area contributed by atoms with E-state index in [1.165, 1.54) is 35.6 Å². The Morgan fingerprint density at radius 2 is 1.92 bits per heavy atom. The van der Waals surface area contributed by atoms with Crippen LogP contribution in [0.25, 0.3) is 10.8 Å². The predicted molar refractivity (Wildman–Crippen MR) is 110 cm³/mol. The molecule has 0 amide bonds. The SMILES string of the molecule is CN=C(NCCc1ccc2ccccc2c1)NCC1(CCOC)CCC1. The molecule has 0 unspecified atom stereocenters. The van der Waals surface area contributed by atoms with Crippen LogP contribution in [0.2, 0.25) is 0 Å². The van der Waals surface area contributed by atoms with E-state index in [-0.39, 0.29) is 0 Å². The minimum atomic E-state index is 0.395. The summed E-state index contributed by atoms with van der Waals surface area (Å²) >= 11 is 0. The van der Waals surface area contributed by atoms with Crippen LogP contribution >= 0.6 is 0 Å². The third-order valence-corrected chi connectivity index (χ3v) is 5.63. The van der Waals surface area contributed by atoms with E-state index in [1.54, 1.807) is 7.11 Å². The molecule has 0 saturated heterocycles. The van der Waals surface area contributed by atoms with Gasteiger partial charge in [0.25, 0.3) is 0 Å². The standard InChI is InChI=1S/C22H31N3O/c1-23-21(25-17-22(11-5-12-22)13-15-26-2)24-14-10-18-8-9-19-6-3-4-7-20(19)16-18/h3-4,6-9,16H,5,10-15,17H2,1-2H3,(H2,23,24,25). The molecule has 2 N–H and O–H groups in total. The molecule has 140 valence electrons. The molecule has 0 aromatic heterocycles. The van der Waals surface area contributed by atoms with Crippen LogP contribution in [-0.2, 0) is 11.2 Å². The van der Waals surface area contributed by atoms with Gasteiger partial charge in [-0.1, -0.05) is 48.9 Å². The van der Waals surface area contributed by atoms with Gasteiger partial charge in [0.15, 0.2) is 5.96 Å². The maximum atomic E-state index is 5.28.